The fourth-order valence-corrected chi connectivity index (χ4v) is 3.64. The predicted octanol–water partition coefficient (Wildman–Crippen LogP) is 6.29. The van der Waals surface area contributed by atoms with Gasteiger partial charge in [0.25, 0.3) is 11.5 Å². The van der Waals surface area contributed by atoms with E-state index in [2.05, 4.69) is 20.2 Å². The van der Waals surface area contributed by atoms with Gasteiger partial charge in [0.1, 0.15) is 0 Å². The summed E-state index contributed by atoms with van der Waals surface area (Å²) in [7, 11) is 0. The molecule has 31 heavy (non-hydrogen) atoms. The first-order chi connectivity index (χ1) is 15.0. The third kappa shape index (κ3) is 3.43. The summed E-state index contributed by atoms with van der Waals surface area (Å²) in [6.07, 6.45) is 0. The zero-order valence-corrected chi connectivity index (χ0v) is 17.3. The van der Waals surface area contributed by atoms with Gasteiger partial charge in [-0.15, -0.1) is 10.2 Å². The smallest absolute Gasteiger partial charge is 0.267 e. The summed E-state index contributed by atoms with van der Waals surface area (Å²) in [5.41, 5.74) is 1.57. The molecule has 152 valence electrons. The lowest BCUT2D eigenvalue weighted by Gasteiger charge is -2.10. The minimum atomic E-state index is -0.298. The van der Waals surface area contributed by atoms with Gasteiger partial charge in [-0.05, 0) is 54.6 Å². The van der Waals surface area contributed by atoms with Crippen molar-refractivity contribution in [3.05, 3.63) is 87.1 Å². The summed E-state index contributed by atoms with van der Waals surface area (Å²) >= 11 is 12.1. The van der Waals surface area contributed by atoms with Crippen LogP contribution in [0.25, 0.3) is 27.5 Å². The molecule has 0 fully saturated rings. The molecule has 5 rings (SSSR count). The van der Waals surface area contributed by atoms with Crippen molar-refractivity contribution in [1.82, 2.24) is 14.5 Å². The Morgan fingerprint density at radius 3 is 2.45 bits per heavy atom. The van der Waals surface area contributed by atoms with Crippen molar-refractivity contribution in [2.75, 3.05) is 0 Å². The van der Waals surface area contributed by atoms with Gasteiger partial charge in [-0.25, -0.2) is 9.55 Å². The Hall–Kier alpha value is -3.68. The number of benzene rings is 3. The number of nitrogens with zero attached hydrogens (tertiary/aromatic N) is 4. The molecule has 0 spiro atoms. The first kappa shape index (κ1) is 19.3. The van der Waals surface area contributed by atoms with Gasteiger partial charge in [0.15, 0.2) is 5.69 Å². The van der Waals surface area contributed by atoms with Crippen molar-refractivity contribution in [2.45, 2.75) is 0 Å². The van der Waals surface area contributed by atoms with E-state index in [0.29, 0.717) is 37.5 Å². The van der Waals surface area contributed by atoms with Gasteiger partial charge < -0.3 is 10.1 Å². The van der Waals surface area contributed by atoms with Gasteiger partial charge in [0.2, 0.25) is 5.88 Å². The predicted molar refractivity (Wildman–Crippen MR) is 121 cm³/mol. The molecule has 0 amide bonds. The molecular weight excluding hydrogens is 437 g/mol. The van der Waals surface area contributed by atoms with Crippen LogP contribution < -0.4 is 5.56 Å². The number of aromatic amines is 1. The Morgan fingerprint density at radius 2 is 1.65 bits per heavy atom. The highest BCUT2D eigenvalue weighted by Gasteiger charge is 2.15. The number of H-pyrrole nitrogens is 1. The number of halogens is 2. The van der Waals surface area contributed by atoms with E-state index < -0.39 is 0 Å². The molecule has 0 atom stereocenters. The lowest BCUT2D eigenvalue weighted by molar-refractivity contribution is 0.459. The maximum atomic E-state index is 13.2. The topological polar surface area (TPSA) is 95.6 Å². The lowest BCUT2D eigenvalue weighted by Crippen LogP contribution is -2.19. The molecular formula is C22H13Cl2N5O2. The van der Waals surface area contributed by atoms with Crippen molar-refractivity contribution < 1.29 is 5.11 Å². The Kier molecular flexibility index (Phi) is 4.69. The van der Waals surface area contributed by atoms with Crippen LogP contribution in [-0.2, 0) is 0 Å². The molecule has 0 radical (unpaired) electrons. The maximum absolute atomic E-state index is 13.2. The van der Waals surface area contributed by atoms with Crippen molar-refractivity contribution in [2.24, 2.45) is 10.2 Å². The number of hydrogen-bond donors (Lipinski definition) is 2. The third-order valence-corrected chi connectivity index (χ3v) is 5.28. The van der Waals surface area contributed by atoms with Crippen LogP contribution in [-0.4, -0.2) is 19.6 Å². The average Bonchev–Trinajstić information content (AvgIpc) is 3.07. The summed E-state index contributed by atoms with van der Waals surface area (Å²) in [5.74, 6) is -0.107. The SMILES string of the molecule is O=c1c2ccccc2nc(N=Nc2c(O)[nH]c3ccc(Cl)cc23)n1-c1ccc(Cl)cc1. The summed E-state index contributed by atoms with van der Waals surface area (Å²) < 4.78 is 1.35. The minimum Gasteiger partial charge on any atom is -0.493 e. The molecule has 0 saturated carbocycles. The zero-order chi connectivity index (χ0) is 21.5. The molecule has 2 heterocycles. The number of rotatable bonds is 3. The molecule has 0 saturated heterocycles. The Morgan fingerprint density at radius 1 is 0.903 bits per heavy atom. The Balaban J connectivity index is 1.74. The number of nitrogens with one attached hydrogen (secondary N) is 1. The molecule has 2 aromatic heterocycles. The number of fused-ring (bicyclic) bond motifs is 2. The summed E-state index contributed by atoms with van der Waals surface area (Å²) in [6.45, 7) is 0. The molecule has 0 bridgehead atoms. The number of hydrogen-bond acceptors (Lipinski definition) is 5. The zero-order valence-electron chi connectivity index (χ0n) is 15.8. The largest absolute Gasteiger partial charge is 0.493 e. The van der Waals surface area contributed by atoms with Crippen molar-refractivity contribution in [3.8, 4) is 11.6 Å². The molecule has 5 aromatic rings. The lowest BCUT2D eigenvalue weighted by atomic mass is 10.2. The van der Waals surface area contributed by atoms with Gasteiger partial charge in [-0.3, -0.25) is 4.79 Å². The highest BCUT2D eigenvalue weighted by molar-refractivity contribution is 6.31. The number of para-hydroxylation sites is 1. The Labute approximate surface area is 185 Å². The average molecular weight is 450 g/mol. The van der Waals surface area contributed by atoms with E-state index in [1.807, 2.05) is 0 Å². The van der Waals surface area contributed by atoms with E-state index in [4.69, 9.17) is 23.2 Å². The molecule has 2 N–H and O–H groups in total. The van der Waals surface area contributed by atoms with Gasteiger partial charge in [0.05, 0.1) is 22.1 Å². The molecule has 0 aliphatic rings. The number of aromatic nitrogens is 3. The van der Waals surface area contributed by atoms with E-state index in [-0.39, 0.29) is 23.1 Å². The van der Waals surface area contributed by atoms with E-state index in [1.54, 1.807) is 66.7 Å². The number of azo groups is 1. The van der Waals surface area contributed by atoms with Crippen LogP contribution in [0.5, 0.6) is 5.88 Å². The quantitative estimate of drug-likeness (QED) is 0.316. The maximum Gasteiger partial charge on any atom is 0.267 e. The van der Waals surface area contributed by atoms with Crippen LogP contribution in [0, 0.1) is 0 Å². The highest BCUT2D eigenvalue weighted by atomic mass is 35.5. The first-order valence-corrected chi connectivity index (χ1v) is 9.96. The fourth-order valence-electron chi connectivity index (χ4n) is 3.34. The summed E-state index contributed by atoms with van der Waals surface area (Å²) in [4.78, 5) is 20.6. The monoisotopic (exact) mass is 449 g/mol. The number of aromatic hydroxyl groups is 1. The molecule has 0 aliphatic heterocycles. The standard InChI is InChI=1S/C22H13Cl2N5O2/c23-12-5-8-14(9-6-12)29-21(31)15-3-1-2-4-17(15)26-22(29)28-27-19-16-11-13(24)7-10-18(16)25-20(19)30/h1-11,25,30H. The van der Waals surface area contributed by atoms with Crippen molar-refractivity contribution >= 4 is 56.6 Å². The summed E-state index contributed by atoms with van der Waals surface area (Å²) in [5, 5.41) is 20.8. The van der Waals surface area contributed by atoms with Gasteiger partial charge in [0, 0.05) is 15.4 Å². The van der Waals surface area contributed by atoms with Crippen LogP contribution >= 0.6 is 23.2 Å². The fraction of sp³-hybridized carbons (Fsp3) is 0. The second-order valence-corrected chi connectivity index (χ2v) is 7.63. The van der Waals surface area contributed by atoms with Gasteiger partial charge in [-0.1, -0.05) is 35.3 Å². The van der Waals surface area contributed by atoms with Crippen molar-refractivity contribution in [3.63, 3.8) is 0 Å². The normalized spacial score (nSPS) is 11.7. The first-order valence-electron chi connectivity index (χ1n) is 9.21. The van der Waals surface area contributed by atoms with E-state index >= 15 is 0 Å². The highest BCUT2D eigenvalue weighted by Crippen LogP contribution is 2.37. The molecule has 7 nitrogen and oxygen atoms in total. The van der Waals surface area contributed by atoms with Crippen LogP contribution in [0.2, 0.25) is 10.0 Å². The van der Waals surface area contributed by atoms with Crippen LogP contribution in [0.3, 0.4) is 0 Å². The molecule has 3 aromatic carbocycles. The molecule has 0 aliphatic carbocycles. The third-order valence-electron chi connectivity index (χ3n) is 4.80. The van der Waals surface area contributed by atoms with Gasteiger partial charge in [-0.2, -0.15) is 0 Å². The van der Waals surface area contributed by atoms with E-state index in [0.717, 1.165) is 0 Å². The van der Waals surface area contributed by atoms with Crippen LogP contribution in [0.4, 0.5) is 11.6 Å². The molecule has 9 heteroatoms. The van der Waals surface area contributed by atoms with Crippen LogP contribution in [0.1, 0.15) is 0 Å². The summed E-state index contributed by atoms with van der Waals surface area (Å²) in [6, 6.07) is 18.8. The van der Waals surface area contributed by atoms with E-state index in [1.165, 1.54) is 4.57 Å². The van der Waals surface area contributed by atoms with Crippen LogP contribution in [0.15, 0.2) is 81.8 Å². The van der Waals surface area contributed by atoms with E-state index in [9.17, 15) is 9.90 Å². The molecule has 0 unspecified atom stereocenters. The second kappa shape index (κ2) is 7.54. The minimum absolute atomic E-state index is 0.0572. The second-order valence-electron chi connectivity index (χ2n) is 6.76. The Bertz CT molecular complexity index is 1540. The van der Waals surface area contributed by atoms with Gasteiger partial charge >= 0.3 is 0 Å². The van der Waals surface area contributed by atoms with Crippen molar-refractivity contribution in [1.29, 1.82) is 0 Å².